The van der Waals surface area contributed by atoms with Gasteiger partial charge >= 0.3 is 5.97 Å². The van der Waals surface area contributed by atoms with E-state index in [-0.39, 0.29) is 37.6 Å². The molecule has 1 aromatic carbocycles. The second-order valence-electron chi connectivity index (χ2n) is 9.98. The molecule has 0 unspecified atom stereocenters. The summed E-state index contributed by atoms with van der Waals surface area (Å²) in [4.78, 5) is 19.2. The van der Waals surface area contributed by atoms with Gasteiger partial charge in [-0.25, -0.2) is 0 Å². The first-order valence-electron chi connectivity index (χ1n) is 11.7. The van der Waals surface area contributed by atoms with Crippen LogP contribution in [0.25, 0.3) is 21.6 Å². The van der Waals surface area contributed by atoms with Crippen LogP contribution in [0.15, 0.2) is 48.0 Å². The summed E-state index contributed by atoms with van der Waals surface area (Å²) in [5, 5.41) is 2.48. The number of anilines is 1. The lowest BCUT2D eigenvalue weighted by molar-refractivity contribution is -0.146. The molecule has 208 valence electrons. The molecule has 3 rings (SSSR count). The maximum atomic E-state index is 12.2. The lowest BCUT2D eigenvalue weighted by Crippen LogP contribution is -2.35. The van der Waals surface area contributed by atoms with E-state index in [4.69, 9.17) is 16.3 Å². The fourth-order valence-corrected chi connectivity index (χ4v) is 5.93. The Morgan fingerprint density at radius 1 is 1.16 bits per heavy atom. The van der Waals surface area contributed by atoms with Crippen molar-refractivity contribution in [3.05, 3.63) is 58.7 Å². The van der Waals surface area contributed by atoms with Crippen LogP contribution in [0, 0.1) is 0 Å². The molecule has 8 nitrogen and oxygen atoms in total. The summed E-state index contributed by atoms with van der Waals surface area (Å²) in [6.45, 7) is 7.94. The van der Waals surface area contributed by atoms with Crippen molar-refractivity contribution >= 4 is 57.2 Å². The number of nitrogens with one attached hydrogen (secondary N) is 2. The topological polar surface area (TPSA) is 101 Å². The van der Waals surface area contributed by atoms with Crippen LogP contribution in [0.3, 0.4) is 0 Å². The molecule has 3 aromatic rings. The molecular weight excluding hydrogens is 567 g/mol. The molecule has 0 saturated carbocycles. The Labute approximate surface area is 240 Å². The Morgan fingerprint density at radius 2 is 1.87 bits per heavy atom. The second kappa shape index (κ2) is 13.2. The molecule has 2 N–H and O–H groups in total. The van der Waals surface area contributed by atoms with Crippen LogP contribution in [0.4, 0.5) is 5.69 Å². The van der Waals surface area contributed by atoms with Gasteiger partial charge in [-0.3, -0.25) is 19.4 Å². The first kappa shape index (κ1) is 32.0. The number of ether oxygens (including phenoxy) is 1. The van der Waals surface area contributed by atoms with E-state index >= 15 is 0 Å². The largest absolute Gasteiger partial charge is 0.464 e. The second-order valence-corrected chi connectivity index (χ2v) is 12.7. The number of halogens is 2. The van der Waals surface area contributed by atoms with E-state index in [1.54, 1.807) is 54.5 Å². The van der Waals surface area contributed by atoms with Gasteiger partial charge in [-0.2, -0.15) is 13.1 Å². The fourth-order valence-electron chi connectivity index (χ4n) is 3.52. The highest BCUT2D eigenvalue weighted by molar-refractivity contribution is 7.90. The highest BCUT2D eigenvalue weighted by atomic mass is 35.5. The highest BCUT2D eigenvalue weighted by Crippen LogP contribution is 2.38. The monoisotopic (exact) mass is 600 g/mol. The zero-order valence-electron chi connectivity index (χ0n) is 22.2. The number of carbonyl (C=O) groups is 1. The molecule has 12 heteroatoms. The van der Waals surface area contributed by atoms with E-state index in [1.165, 1.54) is 0 Å². The van der Waals surface area contributed by atoms with Crippen LogP contribution in [-0.2, 0) is 25.2 Å². The lowest BCUT2D eigenvalue weighted by Gasteiger charge is -2.24. The van der Waals surface area contributed by atoms with Gasteiger partial charge in [-0.1, -0.05) is 25.4 Å². The first-order chi connectivity index (χ1) is 17.3. The van der Waals surface area contributed by atoms with Crippen molar-refractivity contribution in [1.82, 2.24) is 14.6 Å². The third kappa shape index (κ3) is 8.93. The number of likely N-dealkylation sites (N-methyl/N-ethyl adjacent to an activating group) is 1. The quantitative estimate of drug-likeness (QED) is 0.278. The average molecular weight is 602 g/mol. The maximum Gasteiger partial charge on any atom is 0.320 e. The van der Waals surface area contributed by atoms with E-state index in [9.17, 15) is 13.2 Å². The van der Waals surface area contributed by atoms with Gasteiger partial charge in [0.2, 0.25) is 0 Å². The summed E-state index contributed by atoms with van der Waals surface area (Å²) in [7, 11) is -0.0419. The zero-order chi connectivity index (χ0) is 27.4. The number of rotatable bonds is 11. The molecule has 0 aliphatic rings. The summed E-state index contributed by atoms with van der Waals surface area (Å²) in [5.41, 5.74) is 3.53. The van der Waals surface area contributed by atoms with Crippen LogP contribution in [0.1, 0.15) is 33.4 Å². The third-order valence-corrected chi connectivity index (χ3v) is 7.87. The number of aromatic nitrogens is 1. The van der Waals surface area contributed by atoms with Crippen LogP contribution >= 0.6 is 35.3 Å². The van der Waals surface area contributed by atoms with Crippen molar-refractivity contribution in [3.8, 4) is 21.6 Å². The Hall–Kier alpha value is -2.21. The molecule has 38 heavy (non-hydrogen) atoms. The third-order valence-electron chi connectivity index (χ3n) is 5.30. The minimum Gasteiger partial charge on any atom is -0.464 e. The van der Waals surface area contributed by atoms with Crippen LogP contribution < -0.4 is 9.44 Å². The van der Waals surface area contributed by atoms with E-state index in [0.29, 0.717) is 10.7 Å². The van der Waals surface area contributed by atoms with E-state index in [1.807, 2.05) is 51.5 Å². The van der Waals surface area contributed by atoms with E-state index in [0.717, 1.165) is 27.3 Å². The van der Waals surface area contributed by atoms with E-state index in [2.05, 4.69) is 14.4 Å². The minimum atomic E-state index is -3.68. The van der Waals surface area contributed by atoms with Gasteiger partial charge < -0.3 is 4.74 Å². The lowest BCUT2D eigenvalue weighted by atomic mass is 9.88. The molecule has 0 bridgehead atoms. The number of benzene rings is 1. The van der Waals surface area contributed by atoms with Crippen LogP contribution in [0.2, 0.25) is 5.02 Å². The standard InChI is InChI=1S/C26H33ClN4O4S2.ClH/c1-17(2)29-37(33,34)30-20-7-8-21(22(27)13-20)23-11-19(15-36-23)18-9-10-28-24(12-18)26(3,4)16-35-25(32)14-31(5)6;/h7-13,15,17,29-30H,14,16H2,1-6H3;1H. The SMILES string of the molecule is CC(C)NS(=O)(=O)Nc1ccc(-c2cc(-c3ccnc(C(C)(C)COC(=O)CN(C)C)c3)cs2)c(Cl)c1.Cl. The molecule has 0 spiro atoms. The number of pyridine rings is 1. The van der Waals surface area contributed by atoms with Gasteiger partial charge in [-0.15, -0.1) is 23.7 Å². The Balaban J connectivity index is 0.00000507. The molecule has 0 amide bonds. The van der Waals surface area contributed by atoms with Crippen LogP contribution in [0.5, 0.6) is 0 Å². The number of hydrogen-bond donors (Lipinski definition) is 2. The number of nitrogens with zero attached hydrogens (tertiary/aromatic N) is 2. The molecule has 0 atom stereocenters. The van der Waals surface area contributed by atoms with Crippen molar-refractivity contribution in [2.75, 3.05) is 32.0 Å². The number of esters is 1. The minimum absolute atomic E-state index is 0. The summed E-state index contributed by atoms with van der Waals surface area (Å²) < 4.78 is 34.8. The molecule has 0 saturated heterocycles. The van der Waals surface area contributed by atoms with E-state index < -0.39 is 15.6 Å². The molecule has 0 aliphatic carbocycles. The Morgan fingerprint density at radius 3 is 2.50 bits per heavy atom. The molecule has 0 fully saturated rings. The zero-order valence-corrected chi connectivity index (χ0v) is 25.4. The Bertz CT molecular complexity index is 1360. The predicted molar refractivity (Wildman–Crippen MR) is 159 cm³/mol. The summed E-state index contributed by atoms with van der Waals surface area (Å²) in [6, 6.07) is 10.8. The van der Waals surface area contributed by atoms with Gasteiger partial charge in [0, 0.05) is 33.8 Å². The number of thiophene rings is 1. The van der Waals surface area contributed by atoms with Gasteiger partial charge in [0.15, 0.2) is 0 Å². The summed E-state index contributed by atoms with van der Waals surface area (Å²) in [6.07, 6.45) is 1.75. The number of hydrogen-bond acceptors (Lipinski definition) is 7. The molecule has 0 radical (unpaired) electrons. The summed E-state index contributed by atoms with van der Waals surface area (Å²) >= 11 is 8.07. The smallest absolute Gasteiger partial charge is 0.320 e. The summed E-state index contributed by atoms with van der Waals surface area (Å²) in [5.74, 6) is -0.274. The normalized spacial score (nSPS) is 11.9. The van der Waals surface area contributed by atoms with Crippen LogP contribution in [-0.4, -0.2) is 57.6 Å². The predicted octanol–water partition coefficient (Wildman–Crippen LogP) is 5.59. The maximum absolute atomic E-state index is 12.2. The first-order valence-corrected chi connectivity index (χ1v) is 14.5. The fraction of sp³-hybridized carbons (Fsp3) is 0.385. The van der Waals surface area contributed by atoms with Crippen molar-refractivity contribution in [2.24, 2.45) is 0 Å². The van der Waals surface area contributed by atoms with Gasteiger partial charge in [0.05, 0.1) is 17.3 Å². The van der Waals surface area contributed by atoms with Crippen molar-refractivity contribution in [2.45, 2.75) is 39.2 Å². The Kier molecular flexibility index (Phi) is 11.1. The van der Waals surface area contributed by atoms with Crippen molar-refractivity contribution in [1.29, 1.82) is 0 Å². The molecular formula is C26H34Cl2N4O4S2. The molecule has 0 aliphatic heterocycles. The molecule has 2 aromatic heterocycles. The average Bonchev–Trinajstić information content (AvgIpc) is 3.26. The van der Waals surface area contributed by atoms with Gasteiger partial charge in [0.1, 0.15) is 6.61 Å². The highest BCUT2D eigenvalue weighted by Gasteiger charge is 2.25. The number of carbonyl (C=O) groups excluding carboxylic acids is 1. The van der Waals surface area contributed by atoms with Gasteiger partial charge in [-0.05, 0) is 80.8 Å². The van der Waals surface area contributed by atoms with Crippen molar-refractivity contribution in [3.63, 3.8) is 0 Å². The van der Waals surface area contributed by atoms with Gasteiger partial charge in [0.25, 0.3) is 10.2 Å². The van der Waals surface area contributed by atoms with Crippen molar-refractivity contribution < 1.29 is 17.9 Å². The molecule has 2 heterocycles.